The van der Waals surface area contributed by atoms with Crippen LogP contribution >= 0.6 is 0 Å². The SMILES string of the molecule is CCCCN(CCCC)C(=O)c1cn(C)c(-c2ccc(C(=O)OC)cc2C(=O)N2Cc3ccccc3C[C@H]2CN)n1. The molecule has 41 heavy (non-hydrogen) atoms. The van der Waals surface area contributed by atoms with E-state index >= 15 is 0 Å². The number of amides is 2. The average Bonchev–Trinajstić information content (AvgIpc) is 3.40. The van der Waals surface area contributed by atoms with Gasteiger partial charge < -0.3 is 24.8 Å². The van der Waals surface area contributed by atoms with Crippen LogP contribution in [0.3, 0.4) is 0 Å². The monoisotopic (exact) mass is 559 g/mol. The van der Waals surface area contributed by atoms with Gasteiger partial charge in [0.05, 0.1) is 18.2 Å². The van der Waals surface area contributed by atoms with E-state index in [1.165, 1.54) is 12.7 Å². The first-order valence-corrected chi connectivity index (χ1v) is 14.5. The third-order valence-electron chi connectivity index (χ3n) is 7.75. The molecule has 2 aromatic carbocycles. The van der Waals surface area contributed by atoms with Crippen molar-refractivity contribution in [2.75, 3.05) is 26.7 Å². The molecule has 1 aliphatic rings. The first-order valence-electron chi connectivity index (χ1n) is 14.5. The van der Waals surface area contributed by atoms with E-state index < -0.39 is 5.97 Å². The summed E-state index contributed by atoms with van der Waals surface area (Å²) in [5.41, 5.74) is 9.83. The highest BCUT2D eigenvalue weighted by Gasteiger charge is 2.32. The Morgan fingerprint density at radius 2 is 1.73 bits per heavy atom. The van der Waals surface area contributed by atoms with Crippen molar-refractivity contribution in [1.29, 1.82) is 0 Å². The van der Waals surface area contributed by atoms with Crippen molar-refractivity contribution < 1.29 is 19.1 Å². The number of aromatic nitrogens is 2. The molecule has 2 heterocycles. The fraction of sp³-hybridized carbons (Fsp3) is 0.438. The number of hydrogen-bond acceptors (Lipinski definition) is 6. The van der Waals surface area contributed by atoms with Crippen LogP contribution in [0.4, 0.5) is 0 Å². The van der Waals surface area contributed by atoms with Crippen LogP contribution in [-0.2, 0) is 24.8 Å². The summed E-state index contributed by atoms with van der Waals surface area (Å²) in [5.74, 6) is -0.438. The number of fused-ring (bicyclic) bond motifs is 1. The molecule has 1 aliphatic heterocycles. The van der Waals surface area contributed by atoms with E-state index in [0.717, 1.165) is 31.2 Å². The van der Waals surface area contributed by atoms with Gasteiger partial charge in [0.2, 0.25) is 0 Å². The minimum Gasteiger partial charge on any atom is -0.465 e. The number of hydrogen-bond donors (Lipinski definition) is 1. The van der Waals surface area contributed by atoms with E-state index in [1.807, 2.05) is 30.1 Å². The maximum absolute atomic E-state index is 14.2. The second-order valence-electron chi connectivity index (χ2n) is 10.6. The molecule has 2 amide bonds. The van der Waals surface area contributed by atoms with Crippen molar-refractivity contribution >= 4 is 17.8 Å². The van der Waals surface area contributed by atoms with Gasteiger partial charge in [-0.3, -0.25) is 9.59 Å². The molecule has 2 N–H and O–H groups in total. The van der Waals surface area contributed by atoms with Crippen LogP contribution in [0.25, 0.3) is 11.4 Å². The van der Waals surface area contributed by atoms with Crippen LogP contribution in [-0.4, -0.2) is 69.9 Å². The maximum atomic E-state index is 14.2. The van der Waals surface area contributed by atoms with Crippen molar-refractivity contribution in [3.63, 3.8) is 0 Å². The highest BCUT2D eigenvalue weighted by atomic mass is 16.5. The van der Waals surface area contributed by atoms with Gasteiger partial charge in [0.15, 0.2) is 0 Å². The second kappa shape index (κ2) is 13.6. The van der Waals surface area contributed by atoms with E-state index in [4.69, 9.17) is 15.5 Å². The molecule has 0 bridgehead atoms. The van der Waals surface area contributed by atoms with Gasteiger partial charge in [-0.25, -0.2) is 9.78 Å². The molecule has 4 rings (SSSR count). The summed E-state index contributed by atoms with van der Waals surface area (Å²) in [6.45, 7) is 6.28. The molecule has 3 aromatic rings. The van der Waals surface area contributed by atoms with Gasteiger partial charge in [0.1, 0.15) is 11.5 Å². The molecule has 0 saturated carbocycles. The molecule has 9 nitrogen and oxygen atoms in total. The Bertz CT molecular complexity index is 1390. The summed E-state index contributed by atoms with van der Waals surface area (Å²) in [4.78, 5) is 48.6. The van der Waals surface area contributed by atoms with E-state index in [9.17, 15) is 14.4 Å². The van der Waals surface area contributed by atoms with E-state index in [-0.39, 0.29) is 23.4 Å². The van der Waals surface area contributed by atoms with Gasteiger partial charge in [0, 0.05) is 51.0 Å². The van der Waals surface area contributed by atoms with Gasteiger partial charge >= 0.3 is 5.97 Å². The van der Waals surface area contributed by atoms with Gasteiger partial charge in [-0.05, 0) is 48.6 Å². The van der Waals surface area contributed by atoms with Crippen LogP contribution in [0.2, 0.25) is 0 Å². The normalized spacial score (nSPS) is 14.5. The fourth-order valence-corrected chi connectivity index (χ4v) is 5.35. The number of aryl methyl sites for hydroxylation is 1. The average molecular weight is 560 g/mol. The number of rotatable bonds is 11. The molecular formula is C32H41N5O4. The lowest BCUT2D eigenvalue weighted by Gasteiger charge is -2.36. The molecule has 1 aromatic heterocycles. The first kappa shape index (κ1) is 30.0. The number of unbranched alkanes of at least 4 members (excludes halogenated alkanes) is 2. The van der Waals surface area contributed by atoms with Crippen LogP contribution in [0, 0.1) is 0 Å². The second-order valence-corrected chi connectivity index (χ2v) is 10.6. The number of imidazole rings is 1. The highest BCUT2D eigenvalue weighted by Crippen LogP contribution is 2.30. The van der Waals surface area contributed by atoms with Crippen LogP contribution < -0.4 is 5.73 Å². The molecule has 1 atom stereocenters. The van der Waals surface area contributed by atoms with Crippen molar-refractivity contribution in [3.05, 3.63) is 76.6 Å². The van der Waals surface area contributed by atoms with E-state index in [2.05, 4.69) is 19.9 Å². The summed E-state index contributed by atoms with van der Waals surface area (Å²) in [6, 6.07) is 12.7. The molecule has 0 fully saturated rings. The number of methoxy groups -OCH3 is 1. The van der Waals surface area contributed by atoms with Crippen LogP contribution in [0.1, 0.15) is 81.9 Å². The number of nitrogens with zero attached hydrogens (tertiary/aromatic N) is 4. The quantitative estimate of drug-likeness (QED) is 0.348. The third kappa shape index (κ3) is 6.51. The Hall–Kier alpha value is -3.98. The van der Waals surface area contributed by atoms with E-state index in [1.54, 1.807) is 33.9 Å². The minimum atomic E-state index is -0.539. The van der Waals surface area contributed by atoms with E-state index in [0.29, 0.717) is 55.2 Å². The maximum Gasteiger partial charge on any atom is 0.337 e. The first-order chi connectivity index (χ1) is 19.8. The van der Waals surface area contributed by atoms with Crippen LogP contribution in [0.15, 0.2) is 48.7 Å². The van der Waals surface area contributed by atoms with Crippen molar-refractivity contribution in [2.45, 2.75) is 58.5 Å². The predicted octanol–water partition coefficient (Wildman–Crippen LogP) is 4.44. The zero-order valence-corrected chi connectivity index (χ0v) is 24.6. The standard InChI is InChI=1S/C32H41N5O4/c1-5-7-15-36(16-8-6-2)31(39)28-21-35(3)29(34-28)26-14-13-23(32(40)41-4)18-27(26)30(38)37-20-24-12-10-9-11-22(24)17-25(37)19-33/h9-14,18,21,25H,5-8,15-17,19-20,33H2,1-4H3/t25-/m0/s1. The molecule has 0 radical (unpaired) electrons. The smallest absolute Gasteiger partial charge is 0.337 e. The summed E-state index contributed by atoms with van der Waals surface area (Å²) in [5, 5.41) is 0. The largest absolute Gasteiger partial charge is 0.465 e. The van der Waals surface area contributed by atoms with Crippen molar-refractivity contribution in [2.24, 2.45) is 12.8 Å². The van der Waals surface area contributed by atoms with Gasteiger partial charge in [0.25, 0.3) is 11.8 Å². The molecule has 0 unspecified atom stereocenters. The predicted molar refractivity (Wildman–Crippen MR) is 159 cm³/mol. The highest BCUT2D eigenvalue weighted by molar-refractivity contribution is 6.03. The van der Waals surface area contributed by atoms with Gasteiger partial charge in [-0.1, -0.05) is 51.0 Å². The topological polar surface area (TPSA) is 111 Å². The number of carbonyl (C=O) groups is 3. The fourth-order valence-electron chi connectivity index (χ4n) is 5.35. The molecule has 218 valence electrons. The zero-order valence-electron chi connectivity index (χ0n) is 24.6. The lowest BCUT2D eigenvalue weighted by molar-refractivity contribution is 0.0600. The molecule has 0 saturated heterocycles. The lowest BCUT2D eigenvalue weighted by atomic mass is 9.92. The van der Waals surface area contributed by atoms with Crippen molar-refractivity contribution in [3.8, 4) is 11.4 Å². The molecule has 0 aliphatic carbocycles. The van der Waals surface area contributed by atoms with Gasteiger partial charge in [-0.2, -0.15) is 0 Å². The summed E-state index contributed by atoms with van der Waals surface area (Å²) in [6.07, 6.45) is 6.19. The number of carbonyl (C=O) groups excluding carboxylic acids is 3. The molecule has 0 spiro atoms. The van der Waals surface area contributed by atoms with Crippen molar-refractivity contribution in [1.82, 2.24) is 19.4 Å². The third-order valence-corrected chi connectivity index (χ3v) is 7.75. The molecular weight excluding hydrogens is 518 g/mol. The molecule has 9 heteroatoms. The van der Waals surface area contributed by atoms with Crippen LogP contribution in [0.5, 0.6) is 0 Å². The minimum absolute atomic E-state index is 0.122. The summed E-state index contributed by atoms with van der Waals surface area (Å²) < 4.78 is 6.71. The Morgan fingerprint density at radius 3 is 2.37 bits per heavy atom. The number of esters is 1. The number of ether oxygens (including phenoxy) is 1. The Kier molecular flexibility index (Phi) is 9.94. The Morgan fingerprint density at radius 1 is 1.05 bits per heavy atom. The number of benzene rings is 2. The van der Waals surface area contributed by atoms with Gasteiger partial charge in [-0.15, -0.1) is 0 Å². The number of nitrogens with two attached hydrogens (primary N) is 1. The zero-order chi connectivity index (χ0) is 29.5. The Balaban J connectivity index is 1.75. The lowest BCUT2D eigenvalue weighted by Crippen LogP contribution is -2.48. The summed E-state index contributed by atoms with van der Waals surface area (Å²) >= 11 is 0. The summed E-state index contributed by atoms with van der Waals surface area (Å²) in [7, 11) is 3.12. The Labute approximate surface area is 242 Å².